The SMILES string of the molecule is CC(CC(=O)NC1CCCCC1)S(=O)O.NC1CCCCC1. The lowest BCUT2D eigenvalue weighted by Crippen LogP contribution is -2.37. The molecule has 2 unspecified atom stereocenters. The zero-order valence-corrected chi connectivity index (χ0v) is 14.6. The molecule has 4 N–H and O–H groups in total. The Labute approximate surface area is 137 Å². The first kappa shape index (κ1) is 19.6. The van der Waals surface area contributed by atoms with Crippen LogP contribution < -0.4 is 11.1 Å². The highest BCUT2D eigenvalue weighted by atomic mass is 32.2. The van der Waals surface area contributed by atoms with E-state index in [0.717, 1.165) is 12.8 Å². The number of carbonyl (C=O) groups excluding carboxylic acids is 1. The average Bonchev–Trinajstić information content (AvgIpc) is 2.49. The molecule has 2 aliphatic rings. The average molecular weight is 333 g/mol. The summed E-state index contributed by atoms with van der Waals surface area (Å²) < 4.78 is 19.4. The quantitative estimate of drug-likeness (QED) is 0.690. The number of nitrogens with two attached hydrogens (primary N) is 1. The summed E-state index contributed by atoms with van der Waals surface area (Å²) in [6, 6.07) is 0.819. The molecule has 0 aliphatic heterocycles. The van der Waals surface area contributed by atoms with Gasteiger partial charge in [-0.2, -0.15) is 0 Å². The Morgan fingerprint density at radius 2 is 1.64 bits per heavy atom. The minimum absolute atomic E-state index is 0.100. The van der Waals surface area contributed by atoms with Gasteiger partial charge in [0.05, 0.1) is 5.25 Å². The van der Waals surface area contributed by atoms with Crippen molar-refractivity contribution >= 4 is 17.0 Å². The van der Waals surface area contributed by atoms with E-state index in [4.69, 9.17) is 10.3 Å². The van der Waals surface area contributed by atoms with Gasteiger partial charge < -0.3 is 15.6 Å². The van der Waals surface area contributed by atoms with Gasteiger partial charge in [-0.3, -0.25) is 4.79 Å². The van der Waals surface area contributed by atoms with Crippen molar-refractivity contribution in [3.05, 3.63) is 0 Å². The van der Waals surface area contributed by atoms with Gasteiger partial charge in [-0.05, 0) is 32.6 Å². The highest BCUT2D eigenvalue weighted by Gasteiger charge is 2.18. The van der Waals surface area contributed by atoms with E-state index in [1.807, 2.05) is 0 Å². The molecule has 2 fully saturated rings. The standard InChI is InChI=1S/C10H19NO3S.C6H13N/c1-8(15(13)14)7-10(12)11-9-5-3-2-4-6-9;7-6-4-2-1-3-5-6/h8-9H,2-7H2,1H3,(H,11,12)(H,13,14);6H,1-5,7H2. The molecule has 0 heterocycles. The predicted octanol–water partition coefficient (Wildman–Crippen LogP) is 2.71. The van der Waals surface area contributed by atoms with Gasteiger partial charge in [-0.1, -0.05) is 38.5 Å². The van der Waals surface area contributed by atoms with Crippen LogP contribution in [0.1, 0.15) is 77.6 Å². The molecule has 0 aromatic heterocycles. The smallest absolute Gasteiger partial charge is 0.221 e. The van der Waals surface area contributed by atoms with Gasteiger partial charge in [0.1, 0.15) is 0 Å². The summed E-state index contributed by atoms with van der Waals surface area (Å²) in [5.41, 5.74) is 5.63. The summed E-state index contributed by atoms with van der Waals surface area (Å²) in [4.78, 5) is 11.5. The van der Waals surface area contributed by atoms with Crippen LogP contribution in [0.2, 0.25) is 0 Å². The molecule has 6 heteroatoms. The molecule has 0 saturated heterocycles. The molecule has 2 atom stereocenters. The van der Waals surface area contributed by atoms with Gasteiger partial charge in [-0.25, -0.2) is 4.21 Å². The first-order chi connectivity index (χ1) is 10.5. The summed E-state index contributed by atoms with van der Waals surface area (Å²) in [6.07, 6.45) is 12.5. The van der Waals surface area contributed by atoms with Crippen LogP contribution in [0, 0.1) is 0 Å². The third-order valence-electron chi connectivity index (χ3n) is 4.44. The number of hydrogen-bond acceptors (Lipinski definition) is 3. The molecule has 0 aromatic rings. The van der Waals surface area contributed by atoms with Crippen LogP contribution in [0.4, 0.5) is 0 Å². The summed E-state index contributed by atoms with van der Waals surface area (Å²) >= 11 is -1.90. The van der Waals surface area contributed by atoms with Crippen LogP contribution in [0.3, 0.4) is 0 Å². The molecular formula is C16H32N2O3S. The van der Waals surface area contributed by atoms with Crippen molar-refractivity contribution in [2.24, 2.45) is 5.73 Å². The van der Waals surface area contributed by atoms with E-state index in [9.17, 15) is 9.00 Å². The Kier molecular flexibility index (Phi) is 9.91. The molecule has 22 heavy (non-hydrogen) atoms. The van der Waals surface area contributed by atoms with E-state index in [0.29, 0.717) is 6.04 Å². The van der Waals surface area contributed by atoms with E-state index in [2.05, 4.69) is 5.32 Å². The maximum Gasteiger partial charge on any atom is 0.221 e. The lowest BCUT2D eigenvalue weighted by Gasteiger charge is -2.23. The number of rotatable bonds is 4. The Bertz CT molecular complexity index is 340. The van der Waals surface area contributed by atoms with Crippen LogP contribution in [-0.4, -0.2) is 32.0 Å². The zero-order valence-electron chi connectivity index (χ0n) is 13.8. The Morgan fingerprint density at radius 3 is 2.05 bits per heavy atom. The van der Waals surface area contributed by atoms with E-state index in [-0.39, 0.29) is 18.4 Å². The fourth-order valence-corrected chi connectivity index (χ4v) is 3.29. The van der Waals surface area contributed by atoms with Gasteiger partial charge in [0.2, 0.25) is 5.91 Å². The van der Waals surface area contributed by atoms with Crippen molar-refractivity contribution in [1.82, 2.24) is 5.32 Å². The zero-order chi connectivity index (χ0) is 16.4. The molecule has 0 radical (unpaired) electrons. The highest BCUT2D eigenvalue weighted by Crippen LogP contribution is 2.17. The van der Waals surface area contributed by atoms with Crippen molar-refractivity contribution < 1.29 is 13.6 Å². The van der Waals surface area contributed by atoms with Crippen molar-refractivity contribution in [1.29, 1.82) is 0 Å². The van der Waals surface area contributed by atoms with Crippen molar-refractivity contribution in [2.45, 2.75) is 94.9 Å². The minimum atomic E-state index is -1.90. The van der Waals surface area contributed by atoms with E-state index >= 15 is 0 Å². The molecule has 2 rings (SSSR count). The molecule has 5 nitrogen and oxygen atoms in total. The topological polar surface area (TPSA) is 92.4 Å². The largest absolute Gasteiger partial charge is 0.353 e. The first-order valence-corrected chi connectivity index (χ1v) is 9.80. The van der Waals surface area contributed by atoms with Crippen LogP contribution in [0.15, 0.2) is 0 Å². The Hall–Kier alpha value is -0.460. The summed E-state index contributed by atoms with van der Waals surface area (Å²) in [6.45, 7) is 1.61. The van der Waals surface area contributed by atoms with Crippen molar-refractivity contribution in [3.8, 4) is 0 Å². The second kappa shape index (κ2) is 11.1. The lowest BCUT2D eigenvalue weighted by atomic mass is 9.95. The van der Waals surface area contributed by atoms with Crippen molar-refractivity contribution in [2.75, 3.05) is 0 Å². The maximum atomic E-state index is 11.5. The Morgan fingerprint density at radius 1 is 1.14 bits per heavy atom. The second-order valence-electron chi connectivity index (χ2n) is 6.59. The third kappa shape index (κ3) is 8.86. The number of amides is 1. The predicted molar refractivity (Wildman–Crippen MR) is 90.9 cm³/mol. The normalized spacial score (nSPS) is 23.0. The van der Waals surface area contributed by atoms with Crippen LogP contribution in [-0.2, 0) is 15.9 Å². The number of nitrogens with one attached hydrogen (secondary N) is 1. The lowest BCUT2D eigenvalue weighted by molar-refractivity contribution is -0.121. The van der Waals surface area contributed by atoms with Crippen LogP contribution in [0.5, 0.6) is 0 Å². The second-order valence-corrected chi connectivity index (χ2v) is 7.95. The molecule has 0 spiro atoms. The van der Waals surface area contributed by atoms with Gasteiger partial charge in [0.25, 0.3) is 0 Å². The molecule has 130 valence electrons. The van der Waals surface area contributed by atoms with Crippen LogP contribution in [0.25, 0.3) is 0 Å². The molecule has 1 amide bonds. The van der Waals surface area contributed by atoms with Crippen molar-refractivity contribution in [3.63, 3.8) is 0 Å². The maximum absolute atomic E-state index is 11.5. The van der Waals surface area contributed by atoms with E-state index < -0.39 is 16.3 Å². The minimum Gasteiger partial charge on any atom is -0.353 e. The summed E-state index contributed by atoms with van der Waals surface area (Å²) in [7, 11) is 0. The van der Waals surface area contributed by atoms with Gasteiger partial charge in [-0.15, -0.1) is 0 Å². The van der Waals surface area contributed by atoms with Gasteiger partial charge in [0, 0.05) is 18.5 Å². The summed E-state index contributed by atoms with van der Waals surface area (Å²) in [5, 5.41) is 2.44. The van der Waals surface area contributed by atoms with E-state index in [1.165, 1.54) is 51.4 Å². The molecule has 2 aliphatic carbocycles. The fraction of sp³-hybridized carbons (Fsp3) is 0.938. The number of hydrogen-bond donors (Lipinski definition) is 3. The van der Waals surface area contributed by atoms with Gasteiger partial charge in [0.15, 0.2) is 11.1 Å². The van der Waals surface area contributed by atoms with Crippen LogP contribution >= 0.6 is 0 Å². The first-order valence-electron chi connectivity index (χ1n) is 8.63. The fourth-order valence-electron chi connectivity index (χ4n) is 3.00. The molecule has 0 aromatic carbocycles. The van der Waals surface area contributed by atoms with Gasteiger partial charge >= 0.3 is 0 Å². The molecular weight excluding hydrogens is 300 g/mol. The Balaban J connectivity index is 0.000000287. The molecule has 2 saturated carbocycles. The summed E-state index contributed by atoms with van der Waals surface area (Å²) in [5.74, 6) is -0.100. The third-order valence-corrected chi connectivity index (χ3v) is 5.29. The highest BCUT2D eigenvalue weighted by molar-refractivity contribution is 7.79. The van der Waals surface area contributed by atoms with E-state index in [1.54, 1.807) is 6.92 Å². The number of carbonyl (C=O) groups is 1. The monoisotopic (exact) mass is 332 g/mol. The molecule has 0 bridgehead atoms.